The van der Waals surface area contributed by atoms with Gasteiger partial charge >= 0.3 is 0 Å². The number of aromatic nitrogens is 2. The van der Waals surface area contributed by atoms with Crippen molar-refractivity contribution >= 4 is 0 Å². The third-order valence-electron chi connectivity index (χ3n) is 4.78. The largest absolute Gasteiger partial charge is 0.312 e. The number of nitrogens with zero attached hydrogens (tertiary/aromatic N) is 2. The molecule has 1 heterocycles. The molecule has 0 spiro atoms. The van der Waals surface area contributed by atoms with E-state index in [9.17, 15) is 0 Å². The third kappa shape index (κ3) is 3.02. The molecule has 2 atom stereocenters. The molecule has 0 amide bonds. The Morgan fingerprint density at radius 1 is 1.37 bits per heavy atom. The summed E-state index contributed by atoms with van der Waals surface area (Å²) in [6.45, 7) is 7.92. The van der Waals surface area contributed by atoms with Crippen molar-refractivity contribution in [2.75, 3.05) is 6.54 Å². The molecule has 2 aliphatic carbocycles. The van der Waals surface area contributed by atoms with Crippen LogP contribution in [0.15, 0.2) is 12.3 Å². The van der Waals surface area contributed by atoms with Gasteiger partial charge in [0.25, 0.3) is 0 Å². The number of aryl methyl sites for hydroxylation is 1. The lowest BCUT2D eigenvalue weighted by Crippen LogP contribution is -2.44. The van der Waals surface area contributed by atoms with E-state index in [-0.39, 0.29) is 5.54 Å². The smallest absolute Gasteiger partial charge is 0.0630 e. The van der Waals surface area contributed by atoms with Crippen LogP contribution in [0.3, 0.4) is 0 Å². The molecule has 2 aliphatic rings. The topological polar surface area (TPSA) is 29.9 Å². The van der Waals surface area contributed by atoms with Crippen LogP contribution in [-0.2, 0) is 13.5 Å². The van der Waals surface area contributed by atoms with Gasteiger partial charge < -0.3 is 5.32 Å². The zero-order chi connectivity index (χ0) is 13.7. The standard InChI is InChI=1S/C16H27N3/c1-15(2,3)17-11-16(8-12-7-13(12)9-16)10-14-5-6-19(4)18-14/h5-6,12-13,17H,7-11H2,1-4H3. The Hall–Kier alpha value is -0.830. The van der Waals surface area contributed by atoms with Gasteiger partial charge in [-0.15, -0.1) is 0 Å². The first-order valence-corrected chi connectivity index (χ1v) is 7.59. The molecule has 0 bridgehead atoms. The second-order valence-corrected chi connectivity index (χ2v) is 7.93. The molecule has 2 saturated carbocycles. The number of hydrogen-bond donors (Lipinski definition) is 1. The molecule has 3 rings (SSSR count). The molecule has 2 unspecified atom stereocenters. The quantitative estimate of drug-likeness (QED) is 0.903. The molecule has 0 aromatic carbocycles. The van der Waals surface area contributed by atoms with Crippen molar-refractivity contribution in [3.63, 3.8) is 0 Å². The minimum Gasteiger partial charge on any atom is -0.312 e. The summed E-state index contributed by atoms with van der Waals surface area (Å²) in [5.74, 6) is 2.04. The van der Waals surface area contributed by atoms with Crippen LogP contribution in [0.25, 0.3) is 0 Å². The van der Waals surface area contributed by atoms with Crippen LogP contribution in [0.5, 0.6) is 0 Å². The van der Waals surface area contributed by atoms with E-state index in [4.69, 9.17) is 0 Å². The van der Waals surface area contributed by atoms with Crippen molar-refractivity contribution in [3.05, 3.63) is 18.0 Å². The Kier molecular flexibility index (Phi) is 3.01. The van der Waals surface area contributed by atoms with Crippen LogP contribution in [0, 0.1) is 17.3 Å². The molecule has 19 heavy (non-hydrogen) atoms. The van der Waals surface area contributed by atoms with Gasteiger partial charge in [0.05, 0.1) is 5.69 Å². The van der Waals surface area contributed by atoms with E-state index in [2.05, 4.69) is 43.4 Å². The summed E-state index contributed by atoms with van der Waals surface area (Å²) >= 11 is 0. The fourth-order valence-electron chi connectivity index (χ4n) is 3.75. The average Bonchev–Trinajstić information content (AvgIpc) is 2.71. The van der Waals surface area contributed by atoms with Gasteiger partial charge in [-0.1, -0.05) is 0 Å². The van der Waals surface area contributed by atoms with Gasteiger partial charge in [-0.25, -0.2) is 0 Å². The SMILES string of the molecule is Cn1ccc(CC2(CNC(C)(C)C)CC3CC3C2)n1. The Bertz CT molecular complexity index is 445. The molecule has 3 heteroatoms. The van der Waals surface area contributed by atoms with E-state index in [0.717, 1.165) is 24.8 Å². The highest BCUT2D eigenvalue weighted by Crippen LogP contribution is 2.60. The summed E-state index contributed by atoms with van der Waals surface area (Å²) < 4.78 is 1.93. The summed E-state index contributed by atoms with van der Waals surface area (Å²) in [5, 5.41) is 8.33. The fraction of sp³-hybridized carbons (Fsp3) is 0.812. The first kappa shape index (κ1) is 13.2. The van der Waals surface area contributed by atoms with Crippen LogP contribution >= 0.6 is 0 Å². The van der Waals surface area contributed by atoms with Gasteiger partial charge in [-0.05, 0) is 69.8 Å². The predicted molar refractivity (Wildman–Crippen MR) is 77.9 cm³/mol. The van der Waals surface area contributed by atoms with Crippen molar-refractivity contribution in [2.24, 2.45) is 24.3 Å². The minimum atomic E-state index is 0.212. The molecule has 0 radical (unpaired) electrons. The van der Waals surface area contributed by atoms with Gasteiger partial charge in [-0.2, -0.15) is 5.10 Å². The maximum atomic E-state index is 4.59. The fourth-order valence-corrected chi connectivity index (χ4v) is 3.75. The predicted octanol–water partition coefficient (Wildman–Crippen LogP) is 2.77. The lowest BCUT2D eigenvalue weighted by molar-refractivity contribution is 0.220. The normalized spacial score (nSPS) is 33.5. The maximum absolute atomic E-state index is 4.59. The maximum Gasteiger partial charge on any atom is 0.0630 e. The van der Waals surface area contributed by atoms with Crippen LogP contribution in [0.4, 0.5) is 0 Å². The van der Waals surface area contributed by atoms with E-state index in [0.29, 0.717) is 5.41 Å². The molecule has 2 fully saturated rings. The lowest BCUT2D eigenvalue weighted by atomic mass is 9.78. The van der Waals surface area contributed by atoms with E-state index < -0.39 is 0 Å². The lowest BCUT2D eigenvalue weighted by Gasteiger charge is -2.34. The van der Waals surface area contributed by atoms with Crippen molar-refractivity contribution in [3.8, 4) is 0 Å². The highest BCUT2D eigenvalue weighted by atomic mass is 15.2. The molecule has 1 aromatic rings. The Balaban J connectivity index is 1.70. The molecular formula is C16H27N3. The van der Waals surface area contributed by atoms with Crippen molar-refractivity contribution in [2.45, 2.75) is 52.0 Å². The number of hydrogen-bond acceptors (Lipinski definition) is 2. The zero-order valence-electron chi connectivity index (χ0n) is 12.7. The van der Waals surface area contributed by atoms with Crippen LogP contribution in [0.2, 0.25) is 0 Å². The summed E-state index contributed by atoms with van der Waals surface area (Å²) in [4.78, 5) is 0. The summed E-state index contributed by atoms with van der Waals surface area (Å²) in [6, 6.07) is 2.18. The van der Waals surface area contributed by atoms with Gasteiger partial charge in [0.15, 0.2) is 0 Å². The van der Waals surface area contributed by atoms with Gasteiger partial charge in [0, 0.05) is 25.3 Å². The summed E-state index contributed by atoms with van der Waals surface area (Å²) in [5.41, 5.74) is 1.93. The van der Waals surface area contributed by atoms with Crippen LogP contribution < -0.4 is 5.32 Å². The van der Waals surface area contributed by atoms with Crippen LogP contribution in [0.1, 0.15) is 45.7 Å². The number of fused-ring (bicyclic) bond motifs is 1. The molecular weight excluding hydrogens is 234 g/mol. The first-order chi connectivity index (χ1) is 8.85. The highest BCUT2D eigenvalue weighted by Gasteiger charge is 2.53. The second kappa shape index (κ2) is 4.34. The number of nitrogens with one attached hydrogen (secondary N) is 1. The van der Waals surface area contributed by atoms with Crippen LogP contribution in [-0.4, -0.2) is 21.9 Å². The molecule has 0 saturated heterocycles. The van der Waals surface area contributed by atoms with Crippen molar-refractivity contribution in [1.82, 2.24) is 15.1 Å². The van der Waals surface area contributed by atoms with E-state index in [1.165, 1.54) is 25.0 Å². The molecule has 3 nitrogen and oxygen atoms in total. The minimum absolute atomic E-state index is 0.212. The monoisotopic (exact) mass is 261 g/mol. The highest BCUT2D eigenvalue weighted by molar-refractivity contribution is 5.11. The van der Waals surface area contributed by atoms with E-state index in [1.807, 2.05) is 11.7 Å². The van der Waals surface area contributed by atoms with E-state index in [1.54, 1.807) is 0 Å². The van der Waals surface area contributed by atoms with Gasteiger partial charge in [-0.3, -0.25) is 4.68 Å². The van der Waals surface area contributed by atoms with Gasteiger partial charge in [0.1, 0.15) is 0 Å². The zero-order valence-corrected chi connectivity index (χ0v) is 12.7. The average molecular weight is 261 g/mol. The van der Waals surface area contributed by atoms with Gasteiger partial charge in [0.2, 0.25) is 0 Å². The van der Waals surface area contributed by atoms with Crippen molar-refractivity contribution in [1.29, 1.82) is 0 Å². The van der Waals surface area contributed by atoms with Crippen molar-refractivity contribution < 1.29 is 0 Å². The molecule has 0 aliphatic heterocycles. The summed E-state index contributed by atoms with van der Waals surface area (Å²) in [6.07, 6.45) is 7.49. The molecule has 1 aromatic heterocycles. The van der Waals surface area contributed by atoms with E-state index >= 15 is 0 Å². The summed E-state index contributed by atoms with van der Waals surface area (Å²) in [7, 11) is 2.01. The Labute approximate surface area is 116 Å². The second-order valence-electron chi connectivity index (χ2n) is 7.93. The Morgan fingerprint density at radius 3 is 2.58 bits per heavy atom. The first-order valence-electron chi connectivity index (χ1n) is 7.59. The molecule has 106 valence electrons. The molecule has 1 N–H and O–H groups in total. The Morgan fingerprint density at radius 2 is 2.05 bits per heavy atom. The number of rotatable bonds is 4. The third-order valence-corrected chi connectivity index (χ3v) is 4.78.